The minimum atomic E-state index is -4.49. The summed E-state index contributed by atoms with van der Waals surface area (Å²) < 4.78 is 61.5. The van der Waals surface area contributed by atoms with Gasteiger partial charge in [-0.3, -0.25) is 9.36 Å². The largest absolute Gasteiger partial charge is 0.493 e. The maximum atomic E-state index is 14.8. The lowest BCUT2D eigenvalue weighted by Crippen LogP contribution is -2.49. The van der Waals surface area contributed by atoms with Crippen LogP contribution in [0, 0.1) is 5.92 Å². The Labute approximate surface area is 376 Å². The van der Waals surface area contributed by atoms with E-state index in [4.69, 9.17) is 28.0 Å². The number of piperazine rings is 1. The number of nitrogens with zero attached hydrogens (tertiary/aromatic N) is 7. The molecule has 20 heteroatoms. The Morgan fingerprint density at radius 2 is 1.26 bits per heavy atom. The molecule has 0 bridgehead atoms. The Balaban J connectivity index is 0.998. The average molecular weight is 928 g/mol. The van der Waals surface area contributed by atoms with Gasteiger partial charge in [0, 0.05) is 56.1 Å². The van der Waals surface area contributed by atoms with Gasteiger partial charge in [0.05, 0.1) is 51.2 Å². The highest BCUT2D eigenvalue weighted by molar-refractivity contribution is 7.54. The molecule has 2 N–H and O–H groups in total. The molecule has 4 aromatic carbocycles. The Morgan fingerprint density at radius 1 is 0.677 bits per heavy atom. The molecule has 0 aliphatic carbocycles. The third-order valence-corrected chi connectivity index (χ3v) is 14.2. The van der Waals surface area contributed by atoms with E-state index < -0.39 is 27.3 Å². The minimum absolute atomic E-state index is 0.196. The molecule has 1 amide bonds. The number of benzene rings is 4. The highest BCUT2D eigenvalue weighted by Crippen LogP contribution is 2.51. The molecule has 0 radical (unpaired) electrons. The van der Waals surface area contributed by atoms with Gasteiger partial charge in [-0.25, -0.2) is 24.5 Å². The van der Waals surface area contributed by atoms with E-state index in [2.05, 4.69) is 24.8 Å². The molecule has 0 spiro atoms. The zero-order valence-corrected chi connectivity index (χ0v) is 38.3. The summed E-state index contributed by atoms with van der Waals surface area (Å²) in [6.07, 6.45) is 4.73. The second-order valence-electron chi connectivity index (χ2n) is 15.8. The van der Waals surface area contributed by atoms with Crippen LogP contribution in [0.25, 0.3) is 32.9 Å². The van der Waals surface area contributed by atoms with Crippen LogP contribution in [0.2, 0.25) is 0 Å². The van der Waals surface area contributed by atoms with Gasteiger partial charge >= 0.3 is 15.2 Å². The molecular formula is C45H51N7O11P2. The van der Waals surface area contributed by atoms with Crippen LogP contribution in [0.15, 0.2) is 85.5 Å². The third kappa shape index (κ3) is 10.2. The standard InChI is InChI=1S/C45H51N7O11P2/c1-58-37-24-34-36(26-38(37)59-2)46-28-48-44(34)51-17-14-30(15-18-51)16-23-65(57,62-32-8-6-5-7-9-32)63-33-12-10-31(11-13-33)41-42-35(25-39(60-3)43(41)61-4)45(49-29-47-42)52-21-19-50(20-22-52)40(53)27-64(54,55)56/h5-13,24-26,28-30H,14-23,27H2,1-4H3,(H2,54,55,56). The van der Waals surface area contributed by atoms with Crippen LogP contribution in [-0.2, 0) is 13.9 Å². The van der Waals surface area contributed by atoms with Gasteiger partial charge in [-0.05, 0) is 67.1 Å². The van der Waals surface area contributed by atoms with Crippen molar-refractivity contribution in [2.45, 2.75) is 19.3 Å². The molecule has 2 aliphatic rings. The van der Waals surface area contributed by atoms with E-state index >= 15 is 0 Å². The Hall–Kier alpha value is -6.19. The van der Waals surface area contributed by atoms with Crippen molar-refractivity contribution in [3.63, 3.8) is 0 Å². The topological polar surface area (TPSA) is 208 Å². The molecule has 8 rings (SSSR count). The molecule has 6 aromatic rings. The van der Waals surface area contributed by atoms with Crippen molar-refractivity contribution in [3.8, 4) is 45.6 Å². The van der Waals surface area contributed by atoms with E-state index in [1.165, 1.54) is 11.2 Å². The molecule has 1 atom stereocenters. The summed E-state index contributed by atoms with van der Waals surface area (Å²) in [5, 5.41) is 1.55. The molecule has 2 aliphatic heterocycles. The monoisotopic (exact) mass is 927 g/mol. The fourth-order valence-corrected chi connectivity index (χ4v) is 10.8. The molecule has 18 nitrogen and oxygen atoms in total. The fourth-order valence-electron chi connectivity index (χ4n) is 8.45. The molecule has 0 saturated carbocycles. The molecular weight excluding hydrogens is 876 g/mol. The van der Waals surface area contributed by atoms with Gasteiger partial charge in [0.1, 0.15) is 42.0 Å². The normalized spacial score (nSPS) is 15.7. The van der Waals surface area contributed by atoms with Crippen LogP contribution in [0.5, 0.6) is 34.5 Å². The van der Waals surface area contributed by atoms with Crippen LogP contribution in [0.4, 0.5) is 11.6 Å². The molecule has 342 valence electrons. The van der Waals surface area contributed by atoms with Crippen molar-refractivity contribution in [1.29, 1.82) is 0 Å². The molecule has 1 unspecified atom stereocenters. The molecule has 2 aromatic heterocycles. The highest BCUT2D eigenvalue weighted by atomic mass is 31.2. The van der Waals surface area contributed by atoms with Crippen LogP contribution in [0.3, 0.4) is 0 Å². The van der Waals surface area contributed by atoms with Crippen LogP contribution >= 0.6 is 15.2 Å². The number of carbonyl (C=O) groups is 1. The summed E-state index contributed by atoms with van der Waals surface area (Å²) in [4.78, 5) is 55.3. The summed E-state index contributed by atoms with van der Waals surface area (Å²) in [6, 6.07) is 21.8. The Bertz CT molecular complexity index is 2750. The molecule has 2 saturated heterocycles. The summed E-state index contributed by atoms with van der Waals surface area (Å²) in [5.41, 5.74) is 2.70. The predicted molar refractivity (Wildman–Crippen MR) is 246 cm³/mol. The highest BCUT2D eigenvalue weighted by Gasteiger charge is 2.33. The van der Waals surface area contributed by atoms with Gasteiger partial charge in [-0.15, -0.1) is 0 Å². The second kappa shape index (κ2) is 19.5. The summed E-state index contributed by atoms with van der Waals surface area (Å²) >= 11 is 0. The van der Waals surface area contributed by atoms with Crippen molar-refractivity contribution in [2.75, 3.05) is 89.8 Å². The van der Waals surface area contributed by atoms with E-state index in [0.717, 1.165) is 48.2 Å². The van der Waals surface area contributed by atoms with Crippen LogP contribution in [0.1, 0.15) is 19.3 Å². The predicted octanol–water partition coefficient (Wildman–Crippen LogP) is 7.06. The van der Waals surface area contributed by atoms with Crippen molar-refractivity contribution in [1.82, 2.24) is 24.8 Å². The number of methoxy groups -OCH3 is 4. The summed E-state index contributed by atoms with van der Waals surface area (Å²) in [6.45, 7) is 2.80. The first-order valence-corrected chi connectivity index (χ1v) is 24.6. The van der Waals surface area contributed by atoms with Gasteiger partial charge in [0.15, 0.2) is 23.0 Å². The molecule has 2 fully saturated rings. The lowest BCUT2D eigenvalue weighted by Gasteiger charge is -2.36. The maximum Gasteiger partial charge on any atom is 0.430 e. The van der Waals surface area contributed by atoms with Crippen molar-refractivity contribution >= 4 is 54.5 Å². The third-order valence-electron chi connectivity index (χ3n) is 11.7. The number of para-hydroxylation sites is 1. The molecule has 65 heavy (non-hydrogen) atoms. The number of hydrogen-bond donors (Lipinski definition) is 2. The smallest absolute Gasteiger partial charge is 0.430 e. The SMILES string of the molecule is COc1cc2ncnc(N3CCC(CCP(=O)(Oc4ccccc4)Oc4ccc(-c5c(OC)c(OC)cc6c(N7CCN(C(=O)CP(=O)(O)O)CC7)ncnc56)cc4)CC3)c2cc1OC. The van der Waals surface area contributed by atoms with Gasteiger partial charge < -0.3 is 52.5 Å². The van der Waals surface area contributed by atoms with Crippen molar-refractivity contribution in [3.05, 3.63) is 85.5 Å². The average Bonchev–Trinajstić information content (AvgIpc) is 3.32. The van der Waals surface area contributed by atoms with Gasteiger partial charge in [-0.2, -0.15) is 0 Å². The fraction of sp³-hybridized carbons (Fsp3) is 0.356. The van der Waals surface area contributed by atoms with E-state index in [1.807, 2.05) is 53.4 Å². The molecule has 4 heterocycles. The van der Waals surface area contributed by atoms with E-state index in [9.17, 15) is 23.7 Å². The Morgan fingerprint density at radius 3 is 1.89 bits per heavy atom. The van der Waals surface area contributed by atoms with Gasteiger partial charge in [-0.1, -0.05) is 30.3 Å². The van der Waals surface area contributed by atoms with E-state index in [1.54, 1.807) is 59.0 Å². The number of amides is 1. The Kier molecular flexibility index (Phi) is 13.6. The number of carbonyl (C=O) groups excluding carboxylic acids is 1. The van der Waals surface area contributed by atoms with Crippen LogP contribution < -0.4 is 37.8 Å². The maximum absolute atomic E-state index is 14.8. The second-order valence-corrected chi connectivity index (χ2v) is 19.4. The lowest BCUT2D eigenvalue weighted by molar-refractivity contribution is -0.128. The summed E-state index contributed by atoms with van der Waals surface area (Å²) in [5.74, 6) is 4.02. The van der Waals surface area contributed by atoms with Crippen molar-refractivity contribution in [2.24, 2.45) is 5.92 Å². The van der Waals surface area contributed by atoms with E-state index in [-0.39, 0.29) is 25.2 Å². The first-order valence-electron chi connectivity index (χ1n) is 21.1. The first kappa shape index (κ1) is 45.4. The van der Waals surface area contributed by atoms with Gasteiger partial charge in [0.25, 0.3) is 0 Å². The quantitative estimate of drug-likeness (QED) is 0.0931. The number of anilines is 2. The zero-order chi connectivity index (χ0) is 45.7. The number of hydrogen-bond acceptors (Lipinski definition) is 15. The number of rotatable bonds is 16. The van der Waals surface area contributed by atoms with E-state index in [0.29, 0.717) is 76.3 Å². The zero-order valence-electron chi connectivity index (χ0n) is 36.5. The minimum Gasteiger partial charge on any atom is -0.493 e. The lowest BCUT2D eigenvalue weighted by atomic mass is 9.94. The number of aromatic nitrogens is 4. The summed E-state index contributed by atoms with van der Waals surface area (Å²) in [7, 11) is -1.94. The number of fused-ring (bicyclic) bond motifs is 2. The number of piperidine rings is 1. The number of ether oxygens (including phenoxy) is 4. The first-order chi connectivity index (χ1) is 31.4. The van der Waals surface area contributed by atoms with Gasteiger partial charge in [0.2, 0.25) is 5.91 Å². The van der Waals surface area contributed by atoms with Crippen LogP contribution in [-0.4, -0.2) is 121 Å². The van der Waals surface area contributed by atoms with Crippen molar-refractivity contribution < 1.29 is 51.7 Å².